The van der Waals surface area contributed by atoms with E-state index >= 15 is 0 Å². The first-order chi connectivity index (χ1) is 25.2. The van der Waals surface area contributed by atoms with Gasteiger partial charge in [0.05, 0.1) is 13.2 Å². The van der Waals surface area contributed by atoms with Crippen LogP contribution < -0.4 is 9.47 Å². The molecule has 11 heteroatoms. The van der Waals surface area contributed by atoms with E-state index in [0.29, 0.717) is 18.7 Å². The molecule has 0 unspecified atom stereocenters. The van der Waals surface area contributed by atoms with Gasteiger partial charge in [-0.05, 0) is 55.2 Å². The third kappa shape index (κ3) is 18.4. The summed E-state index contributed by atoms with van der Waals surface area (Å²) in [5.74, 6) is 1.91. The molecule has 0 saturated heterocycles. The van der Waals surface area contributed by atoms with Crippen LogP contribution in [-0.2, 0) is 26.3 Å². The summed E-state index contributed by atoms with van der Waals surface area (Å²) in [6, 6.07) is 12.7. The van der Waals surface area contributed by atoms with Gasteiger partial charge < -0.3 is 24.1 Å². The average Bonchev–Trinajstić information content (AvgIpc) is 3.17. The Bertz CT molecular complexity index is 1670. The van der Waals surface area contributed by atoms with Crippen molar-refractivity contribution in [3.05, 3.63) is 65.4 Å². The molecule has 1 radical (unpaired) electrons. The van der Waals surface area contributed by atoms with E-state index in [1.807, 2.05) is 31.2 Å². The molecule has 0 aliphatic rings. The van der Waals surface area contributed by atoms with E-state index in [0.717, 1.165) is 52.0 Å². The van der Waals surface area contributed by atoms with Crippen LogP contribution in [0, 0.1) is 40.4 Å². The number of pyridine rings is 1. The van der Waals surface area contributed by atoms with Gasteiger partial charge >= 0.3 is 0 Å². The van der Waals surface area contributed by atoms with E-state index in [1.165, 1.54) is 89.9 Å². The summed E-state index contributed by atoms with van der Waals surface area (Å²) in [7, 11) is 1.26. The van der Waals surface area contributed by atoms with E-state index in [1.54, 1.807) is 6.20 Å². The number of nitrogens with zero attached hydrogens (tertiary/aromatic N) is 3. The second-order valence-electron chi connectivity index (χ2n) is 12.0. The standard InChI is InChI=1S/C36H49NO3.C4H2N4.C2H3O2.Co/c1-5-8-10-12-14-16-23-39-33-27-31(34(26-29(33)7-3)40-24-17-15-13-11-9-6-2)21-20-30-25-28(4)36(38)35-32(30)19-18-22-37-35;5-1-3(7)4(8)2-6;1-4-2-3;/h7,18-22,25-27,38H,3,5-6,8-17,23-24H2,1-2,4H3;7-8H;1H3;/q;;-1;/b21-20+;;;. The molecule has 10 nitrogen and oxygen atoms in total. The van der Waals surface area contributed by atoms with E-state index in [4.69, 9.17) is 35.6 Å². The molecule has 0 saturated carbocycles. The van der Waals surface area contributed by atoms with E-state index < -0.39 is 11.4 Å². The van der Waals surface area contributed by atoms with Crippen molar-refractivity contribution in [2.45, 2.75) is 97.8 Å². The number of nitrogens with one attached hydrogen (secondary N) is 2. The number of nitriles is 2. The van der Waals surface area contributed by atoms with Crippen LogP contribution in [0.15, 0.2) is 43.1 Å². The number of hydrogen-bond acceptors (Lipinski definition) is 10. The number of aromatic hydroxyl groups is 1. The maximum Gasteiger partial charge on any atom is 0.168 e. The van der Waals surface area contributed by atoms with Crippen molar-refractivity contribution in [1.29, 1.82) is 21.3 Å². The number of aryl methyl sites for hydroxylation is 1. The van der Waals surface area contributed by atoms with Crippen LogP contribution in [0.3, 0.4) is 0 Å². The molecule has 0 bridgehead atoms. The van der Waals surface area contributed by atoms with Gasteiger partial charge in [-0.15, -0.1) is 0 Å². The van der Waals surface area contributed by atoms with Crippen LogP contribution in [0.25, 0.3) is 29.1 Å². The fraction of sp³-hybridized carbons (Fsp3) is 0.429. The SMILES string of the molecule is C=Cc1cc(OCCCCCCCC)c(/C=C/c2cc(C)c(O)c3ncccc23)cc1OCCCCCCCC.CO[C-]=O.N#CC(=N)C(=N)C#N.[Co]. The molecule has 3 N–H and O–H groups in total. The minimum atomic E-state index is -0.590. The van der Waals surface area contributed by atoms with Crippen molar-refractivity contribution >= 4 is 47.0 Å². The van der Waals surface area contributed by atoms with E-state index in [9.17, 15) is 5.11 Å². The quantitative estimate of drug-likeness (QED) is 0.0416. The molecule has 3 rings (SSSR count). The maximum atomic E-state index is 10.5. The smallest absolute Gasteiger partial charge is 0.168 e. The number of phenols is 1. The second kappa shape index (κ2) is 29.6. The third-order valence-electron chi connectivity index (χ3n) is 7.96. The predicted molar refractivity (Wildman–Crippen MR) is 211 cm³/mol. The molecule has 0 aliphatic heterocycles. The number of hydrogen-bond donors (Lipinski definition) is 3. The van der Waals surface area contributed by atoms with Crippen LogP contribution in [-0.4, -0.2) is 48.3 Å². The average molecular weight is 768 g/mol. The van der Waals surface area contributed by atoms with E-state index in [-0.39, 0.29) is 22.5 Å². The first-order valence-corrected chi connectivity index (χ1v) is 17.9. The summed E-state index contributed by atoms with van der Waals surface area (Å²) in [6.07, 6.45) is 22.4. The Hall–Kier alpha value is -4.97. The molecule has 3 aromatic rings. The molecule has 0 spiro atoms. The Balaban J connectivity index is 0.00000179. The number of phenolic OH excluding ortho intramolecular Hbond substituents is 1. The first-order valence-electron chi connectivity index (χ1n) is 17.9. The monoisotopic (exact) mass is 767 g/mol. The van der Waals surface area contributed by atoms with Crippen molar-refractivity contribution < 1.29 is 40.9 Å². The molecule has 1 aromatic heterocycles. The van der Waals surface area contributed by atoms with Crippen LogP contribution in [0.4, 0.5) is 0 Å². The minimum absolute atomic E-state index is 0. The zero-order valence-corrected chi connectivity index (χ0v) is 32.6. The van der Waals surface area contributed by atoms with Crippen molar-refractivity contribution in [3.8, 4) is 29.4 Å². The molecule has 0 amide bonds. The number of rotatable bonds is 21. The van der Waals surface area contributed by atoms with Crippen molar-refractivity contribution in [2.75, 3.05) is 20.3 Å². The second-order valence-corrected chi connectivity index (χ2v) is 12.0. The summed E-state index contributed by atoms with van der Waals surface area (Å²) < 4.78 is 16.3. The van der Waals surface area contributed by atoms with Gasteiger partial charge in [-0.2, -0.15) is 10.5 Å². The Morgan fingerprint density at radius 1 is 0.849 bits per heavy atom. The van der Waals surface area contributed by atoms with Crippen molar-refractivity contribution in [1.82, 2.24) is 4.98 Å². The number of ether oxygens (including phenoxy) is 3. The fourth-order valence-electron chi connectivity index (χ4n) is 5.08. The number of unbranched alkanes of at least 4 members (excludes halogenated alkanes) is 10. The van der Waals surface area contributed by atoms with Gasteiger partial charge in [0.1, 0.15) is 34.9 Å². The molecular formula is C42H54CoN5O5-. The molecular weight excluding hydrogens is 713 g/mol. The summed E-state index contributed by atoms with van der Waals surface area (Å²) >= 11 is 0. The summed E-state index contributed by atoms with van der Waals surface area (Å²) in [5.41, 5.74) is 3.16. The van der Waals surface area contributed by atoms with Gasteiger partial charge in [0, 0.05) is 46.6 Å². The molecule has 0 fully saturated rings. The van der Waals surface area contributed by atoms with Crippen molar-refractivity contribution in [3.63, 3.8) is 0 Å². The Kier molecular flexibility index (Phi) is 26.8. The van der Waals surface area contributed by atoms with Crippen LogP contribution >= 0.6 is 0 Å². The minimum Gasteiger partial charge on any atom is -0.655 e. The Morgan fingerprint density at radius 2 is 1.32 bits per heavy atom. The van der Waals surface area contributed by atoms with Crippen LogP contribution in [0.5, 0.6) is 17.2 Å². The number of carbonyl (C=O) groups excluding carboxylic acids is 1. The fourth-order valence-corrected chi connectivity index (χ4v) is 5.08. The number of aromatic nitrogens is 1. The Morgan fingerprint density at radius 3 is 1.81 bits per heavy atom. The van der Waals surface area contributed by atoms with Gasteiger partial charge in [-0.1, -0.05) is 115 Å². The van der Waals surface area contributed by atoms with Gasteiger partial charge in [0.15, 0.2) is 11.4 Å². The zero-order valence-electron chi connectivity index (χ0n) is 31.6. The van der Waals surface area contributed by atoms with Gasteiger partial charge in [0.2, 0.25) is 0 Å². The molecule has 0 atom stereocenters. The Labute approximate surface area is 326 Å². The largest absolute Gasteiger partial charge is 0.655 e. The molecule has 0 aliphatic carbocycles. The van der Waals surface area contributed by atoms with Gasteiger partial charge in [0.25, 0.3) is 0 Å². The normalized spacial score (nSPS) is 9.92. The zero-order chi connectivity index (χ0) is 38.6. The first kappa shape index (κ1) is 48.0. The molecule has 2 aromatic carbocycles. The number of fused-ring (bicyclic) bond motifs is 1. The van der Waals surface area contributed by atoms with Gasteiger partial charge in [-0.25, -0.2) is 0 Å². The topological polar surface area (TPSA) is 173 Å². The summed E-state index contributed by atoms with van der Waals surface area (Å²) in [4.78, 5) is 13.2. The van der Waals surface area contributed by atoms with Gasteiger partial charge in [-0.3, -0.25) is 15.8 Å². The molecule has 53 heavy (non-hydrogen) atoms. The summed E-state index contributed by atoms with van der Waals surface area (Å²) in [5, 5.41) is 40.3. The van der Waals surface area contributed by atoms with Crippen molar-refractivity contribution in [2.24, 2.45) is 0 Å². The maximum absolute atomic E-state index is 10.5. The third-order valence-corrected chi connectivity index (χ3v) is 7.96. The predicted octanol–water partition coefficient (Wildman–Crippen LogP) is 10.3. The molecule has 287 valence electrons. The molecule has 1 heterocycles. The number of methoxy groups -OCH3 is 1. The van der Waals surface area contributed by atoms with E-state index in [2.05, 4.69) is 54.4 Å². The summed E-state index contributed by atoms with van der Waals surface area (Å²) in [6.45, 7) is 13.0. The van der Waals surface area contributed by atoms with Crippen LogP contribution in [0.2, 0.25) is 0 Å². The number of benzene rings is 2. The van der Waals surface area contributed by atoms with Crippen LogP contribution in [0.1, 0.15) is 113 Å².